The number of hydrogen-bond acceptors (Lipinski definition) is 3. The summed E-state index contributed by atoms with van der Waals surface area (Å²) < 4.78 is 0. The molecule has 0 saturated heterocycles. The highest BCUT2D eigenvalue weighted by molar-refractivity contribution is 6.07. The normalized spacial score (nSPS) is 13.1. The lowest BCUT2D eigenvalue weighted by atomic mass is 9.88. The number of anilines is 3. The molecule has 0 saturated carbocycles. The fraction of sp³-hybridized carbons (Fsp3) is 0.132. The predicted octanol–water partition coefficient (Wildman–Crippen LogP) is 10.0. The van der Waals surface area contributed by atoms with Gasteiger partial charge in [0.1, 0.15) is 0 Å². The van der Waals surface area contributed by atoms with Crippen molar-refractivity contribution < 1.29 is 0 Å². The molecule has 0 aromatic heterocycles. The first-order valence-electron chi connectivity index (χ1n) is 14.0. The summed E-state index contributed by atoms with van der Waals surface area (Å²) in [5.74, 6) is 0. The quantitative estimate of drug-likeness (QED) is 0.211. The van der Waals surface area contributed by atoms with E-state index in [0.717, 1.165) is 74.5 Å². The van der Waals surface area contributed by atoms with Crippen molar-refractivity contribution >= 4 is 45.2 Å². The van der Waals surface area contributed by atoms with Gasteiger partial charge < -0.3 is 9.80 Å². The van der Waals surface area contributed by atoms with Crippen molar-refractivity contribution in [3.63, 3.8) is 0 Å². The molecule has 3 nitrogen and oxygen atoms in total. The zero-order valence-electron chi connectivity index (χ0n) is 24.1. The van der Waals surface area contributed by atoms with E-state index in [0.29, 0.717) is 5.56 Å². The molecular formula is C38H35N3. The first-order chi connectivity index (χ1) is 20.0. The minimum Gasteiger partial charge on any atom is -0.340 e. The summed E-state index contributed by atoms with van der Waals surface area (Å²) in [4.78, 5) is 4.60. The predicted molar refractivity (Wildman–Crippen MR) is 177 cm³/mol. The topological polar surface area (TPSA) is 30.3 Å². The van der Waals surface area contributed by atoms with Crippen LogP contribution in [0.2, 0.25) is 0 Å². The minimum absolute atomic E-state index is 0.698. The molecule has 1 heterocycles. The van der Waals surface area contributed by atoms with Crippen LogP contribution < -0.4 is 9.80 Å². The molecule has 0 aliphatic carbocycles. The number of hydrogen-bond donors (Lipinski definition) is 0. The maximum atomic E-state index is 9.40. The number of benzene rings is 4. The first kappa shape index (κ1) is 27.5. The molecule has 4 aromatic rings. The average Bonchev–Trinajstić information content (AvgIpc) is 3.43. The van der Waals surface area contributed by atoms with Gasteiger partial charge in [0.15, 0.2) is 0 Å². The van der Waals surface area contributed by atoms with Crippen molar-refractivity contribution in [2.75, 3.05) is 16.3 Å². The van der Waals surface area contributed by atoms with Gasteiger partial charge >= 0.3 is 0 Å². The number of nitrogens with zero attached hydrogens (tertiary/aromatic N) is 3. The van der Waals surface area contributed by atoms with Crippen molar-refractivity contribution in [3.8, 4) is 6.07 Å². The Balaban J connectivity index is 1.77. The molecule has 202 valence electrons. The van der Waals surface area contributed by atoms with Gasteiger partial charge in [-0.3, -0.25) is 0 Å². The van der Waals surface area contributed by atoms with E-state index >= 15 is 0 Å². The molecule has 1 aliphatic rings. The molecule has 0 fully saturated rings. The number of para-hydroxylation sites is 1. The number of rotatable bonds is 8. The van der Waals surface area contributed by atoms with Crippen LogP contribution in [-0.2, 0) is 6.42 Å². The van der Waals surface area contributed by atoms with E-state index < -0.39 is 0 Å². The van der Waals surface area contributed by atoms with Crippen LogP contribution >= 0.6 is 0 Å². The molecule has 0 unspecified atom stereocenters. The molecule has 41 heavy (non-hydrogen) atoms. The Morgan fingerprint density at radius 3 is 2.32 bits per heavy atom. The second-order valence-electron chi connectivity index (χ2n) is 10.2. The highest BCUT2D eigenvalue weighted by atomic mass is 15.2. The third-order valence-electron chi connectivity index (χ3n) is 7.80. The zero-order chi connectivity index (χ0) is 29.1. The van der Waals surface area contributed by atoms with E-state index in [1.807, 2.05) is 37.3 Å². The Bertz CT molecular complexity index is 1780. The van der Waals surface area contributed by atoms with Crippen molar-refractivity contribution in [1.29, 1.82) is 5.26 Å². The van der Waals surface area contributed by atoms with Crippen LogP contribution in [0.25, 0.3) is 28.1 Å². The molecule has 0 atom stereocenters. The largest absolute Gasteiger partial charge is 0.340 e. The fourth-order valence-electron chi connectivity index (χ4n) is 6.00. The maximum Gasteiger partial charge on any atom is 0.0991 e. The molecule has 1 aliphatic heterocycles. The standard InChI is InChI=1S/C38H35N3/c1-7-30(8-2)41(31-14-12-11-13-15-31)34(10-4)33-19-17-28-18-21-36(32(9-3)38(28)37(33)26(5)6)40-23-22-29-24-27(25-39)16-20-35(29)40/h7-21,24H,1,3,5,22-23H2,2,4,6H3/b30-8+,34-10?. The van der Waals surface area contributed by atoms with Crippen molar-refractivity contribution in [2.24, 2.45) is 0 Å². The van der Waals surface area contributed by atoms with Crippen LogP contribution in [0, 0.1) is 11.3 Å². The van der Waals surface area contributed by atoms with E-state index in [-0.39, 0.29) is 0 Å². The number of allylic oxidation sites excluding steroid dienone is 4. The highest BCUT2D eigenvalue weighted by Gasteiger charge is 2.26. The third kappa shape index (κ3) is 4.79. The van der Waals surface area contributed by atoms with E-state index in [2.05, 4.69) is 116 Å². The molecule has 0 bridgehead atoms. The van der Waals surface area contributed by atoms with Gasteiger partial charge in [0.2, 0.25) is 0 Å². The lowest BCUT2D eigenvalue weighted by molar-refractivity contribution is 0.998. The van der Waals surface area contributed by atoms with Gasteiger partial charge in [0.25, 0.3) is 0 Å². The number of nitriles is 1. The average molecular weight is 534 g/mol. The molecule has 0 N–H and O–H groups in total. The molecule has 3 heteroatoms. The van der Waals surface area contributed by atoms with Crippen LogP contribution in [0.1, 0.15) is 48.6 Å². The summed E-state index contributed by atoms with van der Waals surface area (Å²) in [6.45, 7) is 19.9. The lowest BCUT2D eigenvalue weighted by Gasteiger charge is -2.31. The summed E-state index contributed by atoms with van der Waals surface area (Å²) in [7, 11) is 0. The van der Waals surface area contributed by atoms with Crippen molar-refractivity contribution in [3.05, 3.63) is 144 Å². The molecule has 0 amide bonds. The Labute approximate surface area is 244 Å². The smallest absolute Gasteiger partial charge is 0.0991 e. The Morgan fingerprint density at radius 2 is 1.68 bits per heavy atom. The van der Waals surface area contributed by atoms with Gasteiger partial charge in [-0.15, -0.1) is 0 Å². The van der Waals surface area contributed by atoms with Gasteiger partial charge in [0.05, 0.1) is 11.6 Å². The molecule has 5 rings (SSSR count). The summed E-state index contributed by atoms with van der Waals surface area (Å²) in [6, 6.07) is 27.4. The van der Waals surface area contributed by atoms with Gasteiger partial charge in [-0.05, 0) is 97.1 Å². The van der Waals surface area contributed by atoms with Crippen LogP contribution in [0.5, 0.6) is 0 Å². The SMILES string of the molecule is C=C/C(=C\C)N(C(=CC)c1ccc2ccc(N3CCc4cc(C#N)ccc43)c(C=C)c2c1C(=C)C)c1ccccc1. The van der Waals surface area contributed by atoms with Crippen molar-refractivity contribution in [2.45, 2.75) is 27.2 Å². The second-order valence-corrected chi connectivity index (χ2v) is 10.2. The van der Waals surface area contributed by atoms with E-state index in [1.165, 1.54) is 5.56 Å². The van der Waals surface area contributed by atoms with Crippen LogP contribution in [0.15, 0.2) is 116 Å². The Morgan fingerprint density at radius 1 is 0.951 bits per heavy atom. The molecule has 0 spiro atoms. The highest BCUT2D eigenvalue weighted by Crippen LogP contribution is 2.44. The monoisotopic (exact) mass is 533 g/mol. The summed E-state index contributed by atoms with van der Waals surface area (Å²) >= 11 is 0. The van der Waals surface area contributed by atoms with Gasteiger partial charge in [-0.2, -0.15) is 5.26 Å². The third-order valence-corrected chi connectivity index (χ3v) is 7.80. The van der Waals surface area contributed by atoms with Gasteiger partial charge in [-0.25, -0.2) is 0 Å². The summed E-state index contributed by atoms with van der Waals surface area (Å²) in [5.41, 5.74) is 11.5. The molecule has 0 radical (unpaired) electrons. The number of fused-ring (bicyclic) bond motifs is 2. The van der Waals surface area contributed by atoms with Crippen LogP contribution in [0.3, 0.4) is 0 Å². The van der Waals surface area contributed by atoms with Crippen LogP contribution in [-0.4, -0.2) is 6.54 Å². The summed E-state index contributed by atoms with van der Waals surface area (Å²) in [6.07, 6.45) is 9.01. The van der Waals surface area contributed by atoms with Gasteiger partial charge in [0, 0.05) is 46.1 Å². The Hall–Kier alpha value is -5.07. The van der Waals surface area contributed by atoms with E-state index in [9.17, 15) is 5.26 Å². The first-order valence-corrected chi connectivity index (χ1v) is 14.0. The molecule has 4 aromatic carbocycles. The molecular weight excluding hydrogens is 498 g/mol. The van der Waals surface area contributed by atoms with E-state index in [1.54, 1.807) is 0 Å². The second kappa shape index (κ2) is 11.6. The van der Waals surface area contributed by atoms with Crippen molar-refractivity contribution in [1.82, 2.24) is 0 Å². The lowest BCUT2D eigenvalue weighted by Crippen LogP contribution is -2.21. The van der Waals surface area contributed by atoms with E-state index in [4.69, 9.17) is 0 Å². The van der Waals surface area contributed by atoms with Gasteiger partial charge in [-0.1, -0.05) is 74.4 Å². The summed E-state index contributed by atoms with van der Waals surface area (Å²) in [5, 5.41) is 11.7. The minimum atomic E-state index is 0.698. The van der Waals surface area contributed by atoms with Crippen LogP contribution in [0.4, 0.5) is 17.1 Å². The fourth-order valence-corrected chi connectivity index (χ4v) is 6.00. The Kier molecular flexibility index (Phi) is 7.77. The maximum absolute atomic E-state index is 9.40. The zero-order valence-corrected chi connectivity index (χ0v) is 24.1.